The van der Waals surface area contributed by atoms with Crippen molar-refractivity contribution in [1.29, 1.82) is 0 Å². The molecule has 1 aromatic heterocycles. The molecule has 3 N–H and O–H groups in total. The molecular formula is C25H25N3O5S. The summed E-state index contributed by atoms with van der Waals surface area (Å²) < 4.78 is 27.0. The van der Waals surface area contributed by atoms with Crippen molar-refractivity contribution < 1.29 is 23.1 Å². The molecule has 0 spiro atoms. The van der Waals surface area contributed by atoms with E-state index in [1.165, 1.54) is 12.1 Å². The van der Waals surface area contributed by atoms with Gasteiger partial charge in [-0.25, -0.2) is 17.9 Å². The molecule has 0 aliphatic carbocycles. The van der Waals surface area contributed by atoms with Gasteiger partial charge in [0.1, 0.15) is 0 Å². The highest BCUT2D eigenvalue weighted by atomic mass is 32.2. The van der Waals surface area contributed by atoms with Gasteiger partial charge in [0.2, 0.25) is 0 Å². The minimum absolute atomic E-state index is 0.00911. The van der Waals surface area contributed by atoms with E-state index < -0.39 is 22.0 Å². The number of nitrogens with one attached hydrogen (secondary N) is 2. The molecule has 0 bridgehead atoms. The van der Waals surface area contributed by atoms with Gasteiger partial charge in [0.25, 0.3) is 10.0 Å². The quantitative estimate of drug-likeness (QED) is 0.386. The molecule has 0 aliphatic rings. The molecule has 8 nitrogen and oxygen atoms in total. The van der Waals surface area contributed by atoms with Crippen LogP contribution in [0.5, 0.6) is 0 Å². The Labute approximate surface area is 198 Å². The Morgan fingerprint density at radius 2 is 1.76 bits per heavy atom. The number of carbonyl (C=O) groups excluding carboxylic acids is 1. The molecule has 176 valence electrons. The minimum atomic E-state index is -4.02. The topological polar surface area (TPSA) is 125 Å². The number of allylic oxidation sites excluding steroid dienone is 1. The normalized spacial score (nSPS) is 11.6. The number of urea groups is 1. The number of unbranched alkanes of at least 4 members (excludes halogenated alkanes) is 1. The van der Waals surface area contributed by atoms with Gasteiger partial charge in [0.15, 0.2) is 0 Å². The van der Waals surface area contributed by atoms with Crippen LogP contribution in [0.4, 0.5) is 10.5 Å². The van der Waals surface area contributed by atoms with Gasteiger partial charge >= 0.3 is 12.0 Å². The van der Waals surface area contributed by atoms with Crippen LogP contribution >= 0.6 is 0 Å². The lowest BCUT2D eigenvalue weighted by atomic mass is 9.97. The highest BCUT2D eigenvalue weighted by Gasteiger charge is 2.17. The first kappa shape index (κ1) is 24.7. The molecule has 2 aromatic carbocycles. The van der Waals surface area contributed by atoms with Gasteiger partial charge in [0, 0.05) is 30.1 Å². The number of aromatic nitrogens is 1. The number of anilines is 1. The average Bonchev–Trinajstić information content (AvgIpc) is 2.79. The molecule has 0 aliphatic heterocycles. The maximum Gasteiger partial charge on any atom is 0.333 e. The number of carbonyl (C=O) groups is 2. The molecule has 2 amide bonds. The number of carboxylic acids is 1. The molecule has 0 fully saturated rings. The Kier molecular flexibility index (Phi) is 8.15. The van der Waals surface area contributed by atoms with Crippen LogP contribution in [0.2, 0.25) is 0 Å². The van der Waals surface area contributed by atoms with Crippen LogP contribution in [0.15, 0.2) is 84.0 Å². The van der Waals surface area contributed by atoms with Crippen molar-refractivity contribution in [2.45, 2.75) is 31.1 Å². The number of sulfonamides is 1. The first-order chi connectivity index (χ1) is 16.2. The average molecular weight is 480 g/mol. The second-order valence-corrected chi connectivity index (χ2v) is 9.28. The maximum absolute atomic E-state index is 12.5. The second-order valence-electron chi connectivity index (χ2n) is 7.60. The number of hydrogen-bond donors (Lipinski definition) is 3. The molecular weight excluding hydrogens is 454 g/mol. The summed E-state index contributed by atoms with van der Waals surface area (Å²) in [5, 5.41) is 11.4. The molecule has 0 radical (unpaired) electrons. The molecule has 0 saturated carbocycles. The summed E-state index contributed by atoms with van der Waals surface area (Å²) in [6.45, 7) is 1.84. The van der Waals surface area contributed by atoms with Crippen molar-refractivity contribution in [1.82, 2.24) is 9.71 Å². The number of nitrogens with zero attached hydrogens (tertiary/aromatic N) is 1. The summed E-state index contributed by atoms with van der Waals surface area (Å²) in [4.78, 5) is 27.4. The Bertz CT molecular complexity index is 1290. The van der Waals surface area contributed by atoms with Gasteiger partial charge in [-0.3, -0.25) is 9.78 Å². The number of hydrogen-bond acceptors (Lipinski definition) is 5. The van der Waals surface area contributed by atoms with Crippen LogP contribution < -0.4 is 10.0 Å². The van der Waals surface area contributed by atoms with Crippen LogP contribution in [-0.4, -0.2) is 30.5 Å². The maximum atomic E-state index is 12.5. The minimum Gasteiger partial charge on any atom is -0.481 e. The number of amides is 2. The van der Waals surface area contributed by atoms with E-state index in [9.17, 15) is 18.0 Å². The Morgan fingerprint density at radius 3 is 2.44 bits per heavy atom. The van der Waals surface area contributed by atoms with Crippen molar-refractivity contribution >= 4 is 33.3 Å². The van der Waals surface area contributed by atoms with Gasteiger partial charge < -0.3 is 10.4 Å². The fraction of sp³-hybridized carbons (Fsp3) is 0.160. The zero-order valence-corrected chi connectivity index (χ0v) is 19.4. The summed E-state index contributed by atoms with van der Waals surface area (Å²) in [6, 6.07) is 15.9. The summed E-state index contributed by atoms with van der Waals surface area (Å²) in [7, 11) is -4.02. The summed E-state index contributed by atoms with van der Waals surface area (Å²) in [5.74, 6) is -0.853. The first-order valence-electron chi connectivity index (χ1n) is 10.6. The first-order valence-corrected chi connectivity index (χ1v) is 12.1. The predicted octanol–water partition coefficient (Wildman–Crippen LogP) is 4.59. The summed E-state index contributed by atoms with van der Waals surface area (Å²) in [6.07, 6.45) is 6.38. The van der Waals surface area contributed by atoms with Gasteiger partial charge in [0.05, 0.1) is 4.90 Å². The SMILES string of the molecule is Cc1ccc(S(=O)(=O)NC(=O)Nc2cccc(C(=CCCCC(=O)O)c3cccnc3)c2)cc1. The smallest absolute Gasteiger partial charge is 0.333 e. The van der Waals surface area contributed by atoms with Crippen LogP contribution in [0.1, 0.15) is 36.0 Å². The molecule has 34 heavy (non-hydrogen) atoms. The van der Waals surface area contributed by atoms with Gasteiger partial charge in [-0.15, -0.1) is 0 Å². The van der Waals surface area contributed by atoms with Crippen LogP contribution in [0.25, 0.3) is 5.57 Å². The fourth-order valence-corrected chi connectivity index (χ4v) is 4.15. The third-order valence-electron chi connectivity index (χ3n) is 4.91. The summed E-state index contributed by atoms with van der Waals surface area (Å²) >= 11 is 0. The molecule has 0 saturated heterocycles. The Morgan fingerprint density at radius 1 is 1.03 bits per heavy atom. The van der Waals surface area contributed by atoms with Crippen molar-refractivity contribution in [2.75, 3.05) is 5.32 Å². The Hall–Kier alpha value is -3.98. The third-order valence-corrected chi connectivity index (χ3v) is 6.25. The summed E-state index contributed by atoms with van der Waals surface area (Å²) in [5.41, 5.74) is 3.73. The van der Waals surface area contributed by atoms with Crippen LogP contribution in [0, 0.1) is 6.92 Å². The zero-order valence-electron chi connectivity index (χ0n) is 18.6. The molecule has 9 heteroatoms. The van der Waals surface area contributed by atoms with Gasteiger partial charge in [-0.05, 0) is 61.2 Å². The lowest BCUT2D eigenvalue weighted by Crippen LogP contribution is -2.34. The highest BCUT2D eigenvalue weighted by molar-refractivity contribution is 7.90. The van der Waals surface area contributed by atoms with Gasteiger partial charge in [-0.1, -0.05) is 42.0 Å². The molecule has 3 rings (SSSR count). The van der Waals surface area contributed by atoms with Crippen molar-refractivity contribution in [3.8, 4) is 0 Å². The largest absolute Gasteiger partial charge is 0.481 e. The van der Waals surface area contributed by atoms with E-state index in [0.29, 0.717) is 18.5 Å². The molecule has 3 aromatic rings. The lowest BCUT2D eigenvalue weighted by Gasteiger charge is -2.12. The van der Waals surface area contributed by atoms with E-state index in [-0.39, 0.29) is 11.3 Å². The monoisotopic (exact) mass is 479 g/mol. The number of aryl methyl sites for hydroxylation is 1. The van der Waals surface area contributed by atoms with Crippen molar-refractivity contribution in [2.24, 2.45) is 0 Å². The number of benzene rings is 2. The number of aliphatic carboxylic acids is 1. The predicted molar refractivity (Wildman–Crippen MR) is 130 cm³/mol. The van der Waals surface area contributed by atoms with E-state index in [4.69, 9.17) is 5.11 Å². The van der Waals surface area contributed by atoms with Crippen LogP contribution in [-0.2, 0) is 14.8 Å². The zero-order chi connectivity index (χ0) is 24.6. The number of rotatable bonds is 9. The second kappa shape index (κ2) is 11.2. The van der Waals surface area contributed by atoms with Crippen molar-refractivity contribution in [3.05, 3.63) is 95.8 Å². The van der Waals surface area contributed by atoms with E-state index in [1.807, 2.05) is 29.9 Å². The third kappa shape index (κ3) is 7.01. The van der Waals surface area contributed by atoms with Crippen LogP contribution in [0.3, 0.4) is 0 Å². The molecule has 1 heterocycles. The number of pyridine rings is 1. The lowest BCUT2D eigenvalue weighted by molar-refractivity contribution is -0.137. The van der Waals surface area contributed by atoms with E-state index >= 15 is 0 Å². The standard InChI is InChI=1S/C25H25N3O5S/c1-18-11-13-22(14-12-18)34(32,33)28-25(31)27-21-8-4-6-19(16-21)23(9-2-3-10-24(29)30)20-7-5-15-26-17-20/h4-9,11-17H,2-3,10H2,1H3,(H,29,30)(H2,27,28,31). The van der Waals surface area contributed by atoms with Gasteiger partial charge in [-0.2, -0.15) is 0 Å². The van der Waals surface area contributed by atoms with Crippen molar-refractivity contribution in [3.63, 3.8) is 0 Å². The van der Waals surface area contributed by atoms with E-state index in [0.717, 1.165) is 22.3 Å². The fourth-order valence-electron chi connectivity index (χ4n) is 3.24. The Balaban J connectivity index is 1.78. The molecule has 0 unspecified atom stereocenters. The highest BCUT2D eigenvalue weighted by Crippen LogP contribution is 2.26. The number of carboxylic acid groups (broad SMARTS) is 1. The van der Waals surface area contributed by atoms with E-state index in [2.05, 4.69) is 10.3 Å². The molecule has 0 atom stereocenters. The van der Waals surface area contributed by atoms with E-state index in [1.54, 1.807) is 48.8 Å².